The van der Waals surface area contributed by atoms with Crippen molar-refractivity contribution in [1.82, 2.24) is 10.3 Å². The van der Waals surface area contributed by atoms with Crippen LogP contribution in [-0.2, 0) is 0 Å². The summed E-state index contributed by atoms with van der Waals surface area (Å²) >= 11 is 0. The van der Waals surface area contributed by atoms with Crippen LogP contribution >= 0.6 is 0 Å². The van der Waals surface area contributed by atoms with E-state index >= 15 is 0 Å². The van der Waals surface area contributed by atoms with Crippen LogP contribution < -0.4 is 10.2 Å². The molecule has 1 amide bonds. The Kier molecular flexibility index (Phi) is 5.14. The standard InChI is InChI=1S/C20H25N3O/c1-15(2)22-20(24)17-8-6-16(7-9-17)18-10-11-19(21-14-18)23-12-4-3-5-13-23/h6-11,14-15H,3-5,12-13H2,1-2H3,(H,22,24). The summed E-state index contributed by atoms with van der Waals surface area (Å²) in [6, 6.07) is 12.0. The molecule has 2 aromatic rings. The van der Waals surface area contributed by atoms with Crippen molar-refractivity contribution in [2.24, 2.45) is 0 Å². The Labute approximate surface area is 143 Å². The largest absolute Gasteiger partial charge is 0.357 e. The first kappa shape index (κ1) is 16.5. The van der Waals surface area contributed by atoms with Gasteiger partial charge >= 0.3 is 0 Å². The highest BCUT2D eigenvalue weighted by Gasteiger charge is 2.12. The molecule has 1 N–H and O–H groups in total. The van der Waals surface area contributed by atoms with Gasteiger partial charge in [-0.25, -0.2) is 4.98 Å². The lowest BCUT2D eigenvalue weighted by Crippen LogP contribution is -2.30. The van der Waals surface area contributed by atoms with Crippen LogP contribution in [0.15, 0.2) is 42.6 Å². The van der Waals surface area contributed by atoms with E-state index in [-0.39, 0.29) is 11.9 Å². The fraction of sp³-hybridized carbons (Fsp3) is 0.400. The molecule has 0 bridgehead atoms. The summed E-state index contributed by atoms with van der Waals surface area (Å²) in [6.45, 7) is 6.13. The molecule has 1 aliphatic rings. The molecular weight excluding hydrogens is 298 g/mol. The quantitative estimate of drug-likeness (QED) is 0.929. The smallest absolute Gasteiger partial charge is 0.251 e. The van der Waals surface area contributed by atoms with Crippen molar-refractivity contribution < 1.29 is 4.79 Å². The maximum absolute atomic E-state index is 12.0. The van der Waals surface area contributed by atoms with Gasteiger partial charge in [0.2, 0.25) is 0 Å². The van der Waals surface area contributed by atoms with E-state index < -0.39 is 0 Å². The van der Waals surface area contributed by atoms with E-state index in [1.54, 1.807) is 0 Å². The van der Waals surface area contributed by atoms with Crippen LogP contribution in [0.4, 0.5) is 5.82 Å². The third-order valence-electron chi connectivity index (χ3n) is 4.33. The SMILES string of the molecule is CC(C)NC(=O)c1ccc(-c2ccc(N3CCCCC3)nc2)cc1. The van der Waals surface area contributed by atoms with Gasteiger partial charge < -0.3 is 10.2 Å². The lowest BCUT2D eigenvalue weighted by atomic mass is 10.0. The average molecular weight is 323 g/mol. The first-order valence-electron chi connectivity index (χ1n) is 8.76. The molecule has 4 nitrogen and oxygen atoms in total. The van der Waals surface area contributed by atoms with Gasteiger partial charge in [0.1, 0.15) is 5.82 Å². The molecule has 3 rings (SSSR count). The zero-order valence-electron chi connectivity index (χ0n) is 14.5. The van der Waals surface area contributed by atoms with Crippen molar-refractivity contribution in [3.63, 3.8) is 0 Å². The van der Waals surface area contributed by atoms with Crippen LogP contribution in [0.2, 0.25) is 0 Å². The van der Waals surface area contributed by atoms with Crippen molar-refractivity contribution in [3.05, 3.63) is 48.2 Å². The van der Waals surface area contributed by atoms with Gasteiger partial charge in [0, 0.05) is 36.5 Å². The highest BCUT2D eigenvalue weighted by atomic mass is 16.1. The van der Waals surface area contributed by atoms with E-state index in [1.165, 1.54) is 19.3 Å². The Bertz CT molecular complexity index is 671. The maximum Gasteiger partial charge on any atom is 0.251 e. The van der Waals surface area contributed by atoms with Crippen LogP contribution in [-0.4, -0.2) is 30.0 Å². The van der Waals surface area contributed by atoms with Crippen molar-refractivity contribution in [1.29, 1.82) is 0 Å². The predicted molar refractivity (Wildman–Crippen MR) is 98.3 cm³/mol. The lowest BCUT2D eigenvalue weighted by molar-refractivity contribution is 0.0943. The molecule has 0 atom stereocenters. The molecule has 2 heterocycles. The molecule has 1 fully saturated rings. The third-order valence-corrected chi connectivity index (χ3v) is 4.33. The summed E-state index contributed by atoms with van der Waals surface area (Å²) in [7, 11) is 0. The molecule has 4 heteroatoms. The molecule has 1 aliphatic heterocycles. The van der Waals surface area contributed by atoms with Crippen LogP contribution in [0.3, 0.4) is 0 Å². The monoisotopic (exact) mass is 323 g/mol. The zero-order chi connectivity index (χ0) is 16.9. The number of carbonyl (C=O) groups excluding carboxylic acids is 1. The Morgan fingerprint density at radius 3 is 2.25 bits per heavy atom. The normalized spacial score (nSPS) is 14.7. The Balaban J connectivity index is 1.71. The van der Waals surface area contributed by atoms with Gasteiger partial charge in [0.15, 0.2) is 0 Å². The van der Waals surface area contributed by atoms with E-state index in [4.69, 9.17) is 0 Å². The number of amides is 1. The molecule has 1 aromatic carbocycles. The molecule has 24 heavy (non-hydrogen) atoms. The van der Waals surface area contributed by atoms with Crippen molar-refractivity contribution in [2.75, 3.05) is 18.0 Å². The predicted octanol–water partition coefficient (Wildman–Crippen LogP) is 3.88. The first-order valence-corrected chi connectivity index (χ1v) is 8.76. The number of pyridine rings is 1. The van der Waals surface area contributed by atoms with Gasteiger partial charge in [-0.2, -0.15) is 0 Å². The van der Waals surface area contributed by atoms with Crippen LogP contribution in [0.5, 0.6) is 0 Å². The number of aromatic nitrogens is 1. The third kappa shape index (κ3) is 3.94. The molecule has 0 unspecified atom stereocenters. The summed E-state index contributed by atoms with van der Waals surface area (Å²) < 4.78 is 0. The van der Waals surface area contributed by atoms with Crippen LogP contribution in [0.25, 0.3) is 11.1 Å². The second kappa shape index (κ2) is 7.47. The van der Waals surface area contributed by atoms with E-state index in [2.05, 4.69) is 27.3 Å². The number of hydrogen-bond donors (Lipinski definition) is 1. The van der Waals surface area contributed by atoms with Crippen molar-refractivity contribution >= 4 is 11.7 Å². The molecule has 1 aromatic heterocycles. The lowest BCUT2D eigenvalue weighted by Gasteiger charge is -2.27. The molecule has 0 spiro atoms. The number of carbonyl (C=O) groups is 1. The summed E-state index contributed by atoms with van der Waals surface area (Å²) in [5.74, 6) is 1.03. The molecule has 0 aliphatic carbocycles. The van der Waals surface area contributed by atoms with Gasteiger partial charge in [-0.15, -0.1) is 0 Å². The summed E-state index contributed by atoms with van der Waals surface area (Å²) in [6.07, 6.45) is 5.76. The van der Waals surface area contributed by atoms with Crippen LogP contribution in [0, 0.1) is 0 Å². The summed E-state index contributed by atoms with van der Waals surface area (Å²) in [4.78, 5) is 19.0. The Morgan fingerprint density at radius 2 is 1.67 bits per heavy atom. The van der Waals surface area contributed by atoms with Gasteiger partial charge in [0.25, 0.3) is 5.91 Å². The second-order valence-corrected chi connectivity index (χ2v) is 6.66. The minimum Gasteiger partial charge on any atom is -0.357 e. The van der Waals surface area contributed by atoms with Gasteiger partial charge in [0.05, 0.1) is 0 Å². The number of hydrogen-bond acceptors (Lipinski definition) is 3. The van der Waals surface area contributed by atoms with E-state index in [0.29, 0.717) is 5.56 Å². The number of anilines is 1. The number of nitrogens with zero attached hydrogens (tertiary/aromatic N) is 2. The van der Waals surface area contributed by atoms with Gasteiger partial charge in [-0.3, -0.25) is 4.79 Å². The number of piperidine rings is 1. The van der Waals surface area contributed by atoms with Gasteiger partial charge in [-0.1, -0.05) is 12.1 Å². The first-order chi connectivity index (χ1) is 11.6. The molecule has 1 saturated heterocycles. The van der Waals surface area contributed by atoms with E-state index in [0.717, 1.165) is 30.0 Å². The molecule has 126 valence electrons. The Morgan fingerprint density at radius 1 is 1.00 bits per heavy atom. The highest BCUT2D eigenvalue weighted by Crippen LogP contribution is 2.23. The minimum absolute atomic E-state index is 0.0323. The zero-order valence-corrected chi connectivity index (χ0v) is 14.5. The molecule has 0 radical (unpaired) electrons. The van der Waals surface area contributed by atoms with Gasteiger partial charge in [-0.05, 0) is 62.9 Å². The maximum atomic E-state index is 12.0. The highest BCUT2D eigenvalue weighted by molar-refractivity contribution is 5.94. The Hall–Kier alpha value is -2.36. The van der Waals surface area contributed by atoms with Crippen molar-refractivity contribution in [3.8, 4) is 11.1 Å². The van der Waals surface area contributed by atoms with E-state index in [9.17, 15) is 4.79 Å². The fourth-order valence-electron chi connectivity index (χ4n) is 3.03. The number of benzene rings is 1. The average Bonchev–Trinajstić information content (AvgIpc) is 2.62. The summed E-state index contributed by atoms with van der Waals surface area (Å²) in [5, 5.41) is 2.91. The van der Waals surface area contributed by atoms with Crippen LogP contribution in [0.1, 0.15) is 43.5 Å². The molecule has 0 saturated carbocycles. The topological polar surface area (TPSA) is 45.2 Å². The second-order valence-electron chi connectivity index (χ2n) is 6.66. The molecular formula is C20H25N3O. The van der Waals surface area contributed by atoms with Crippen molar-refractivity contribution in [2.45, 2.75) is 39.2 Å². The van der Waals surface area contributed by atoms with E-state index in [1.807, 2.05) is 44.3 Å². The number of rotatable bonds is 4. The number of nitrogens with one attached hydrogen (secondary N) is 1. The minimum atomic E-state index is -0.0323. The summed E-state index contributed by atoms with van der Waals surface area (Å²) in [5.41, 5.74) is 2.84. The fourth-order valence-corrected chi connectivity index (χ4v) is 3.03.